The maximum atomic E-state index is 11.1. The molecule has 2 fully saturated rings. The summed E-state index contributed by atoms with van der Waals surface area (Å²) in [4.78, 5) is 19.8. The van der Waals surface area contributed by atoms with Crippen LogP contribution in [0.2, 0.25) is 0 Å². The number of pyridine rings is 2. The second kappa shape index (κ2) is 8.96. The van der Waals surface area contributed by atoms with Crippen molar-refractivity contribution in [2.45, 2.75) is 51.3 Å². The van der Waals surface area contributed by atoms with Gasteiger partial charge in [0, 0.05) is 46.6 Å². The normalized spacial score (nSPS) is 17.1. The molecule has 0 aromatic carbocycles. The molecule has 0 atom stereocenters. The second-order valence-corrected chi connectivity index (χ2v) is 9.66. The monoisotopic (exact) mass is 439 g/mol. The Morgan fingerprint density at radius 3 is 2.58 bits per heavy atom. The third-order valence-corrected chi connectivity index (χ3v) is 7.13. The van der Waals surface area contributed by atoms with E-state index in [1.165, 1.54) is 11.5 Å². The number of rotatable bonds is 6. The lowest BCUT2D eigenvalue weighted by molar-refractivity contribution is 0.112. The van der Waals surface area contributed by atoms with Gasteiger partial charge < -0.3 is 10.1 Å². The molecule has 5 rings (SSSR count). The fourth-order valence-electron chi connectivity index (χ4n) is 3.23. The molecule has 164 valence electrons. The van der Waals surface area contributed by atoms with E-state index in [1.807, 2.05) is 35.6 Å². The molecule has 0 spiro atoms. The van der Waals surface area contributed by atoms with Crippen LogP contribution < -0.4 is 10.1 Å². The van der Waals surface area contributed by atoms with Gasteiger partial charge >= 0.3 is 0 Å². The zero-order valence-electron chi connectivity index (χ0n) is 18.5. The van der Waals surface area contributed by atoms with Crippen molar-refractivity contribution in [2.75, 3.05) is 18.6 Å². The number of carbonyl (C=O) groups excluding carboxylic acids is 1. The number of ether oxygens (including phenoxy) is 1. The maximum Gasteiger partial charge on any atom is 0.151 e. The van der Waals surface area contributed by atoms with Crippen LogP contribution in [-0.4, -0.2) is 56.2 Å². The van der Waals surface area contributed by atoms with Gasteiger partial charge in [0.1, 0.15) is 17.0 Å². The summed E-state index contributed by atoms with van der Waals surface area (Å²) in [5, 5.41) is 7.97. The van der Waals surface area contributed by atoms with Crippen LogP contribution >= 0.6 is 11.8 Å². The first-order chi connectivity index (χ1) is 14.9. The van der Waals surface area contributed by atoms with Gasteiger partial charge in [0.15, 0.2) is 6.29 Å². The molecule has 1 aliphatic carbocycles. The minimum absolute atomic E-state index is 0.156. The summed E-state index contributed by atoms with van der Waals surface area (Å²) in [5.41, 5.74) is 4.25. The summed E-state index contributed by atoms with van der Waals surface area (Å²) < 4.78 is 7.71. The number of hydrogen-bond acceptors (Lipinski definition) is 7. The van der Waals surface area contributed by atoms with E-state index in [-0.39, 0.29) is 6.04 Å². The molecule has 7 nitrogen and oxygen atoms in total. The molecular formula is C23H29N5O2S. The molecule has 31 heavy (non-hydrogen) atoms. The maximum absolute atomic E-state index is 11.1. The summed E-state index contributed by atoms with van der Waals surface area (Å²) in [6.45, 7) is 6.35. The van der Waals surface area contributed by atoms with Crippen LogP contribution in [-0.2, 0) is 0 Å². The first-order valence-electron chi connectivity index (χ1n) is 10.6. The van der Waals surface area contributed by atoms with E-state index in [9.17, 15) is 4.79 Å². The molecular weight excluding hydrogens is 410 g/mol. The van der Waals surface area contributed by atoms with Crippen molar-refractivity contribution in [2.24, 2.45) is 0 Å². The zero-order valence-corrected chi connectivity index (χ0v) is 19.3. The summed E-state index contributed by atoms with van der Waals surface area (Å²) in [6, 6.07) is 3.93. The van der Waals surface area contributed by atoms with Crippen LogP contribution in [0.3, 0.4) is 0 Å². The smallest absolute Gasteiger partial charge is 0.151 e. The lowest BCUT2D eigenvalue weighted by Gasteiger charge is -2.37. The molecule has 1 aliphatic heterocycles. The predicted molar refractivity (Wildman–Crippen MR) is 125 cm³/mol. The molecule has 0 radical (unpaired) electrons. The highest BCUT2D eigenvalue weighted by Crippen LogP contribution is 2.32. The Balaban J connectivity index is 0.000000282. The number of aromatic nitrogens is 4. The highest BCUT2D eigenvalue weighted by Gasteiger charge is 2.29. The first-order valence-corrected chi connectivity index (χ1v) is 11.8. The average Bonchev–Trinajstić information content (AvgIpc) is 3.48. The summed E-state index contributed by atoms with van der Waals surface area (Å²) in [6.07, 6.45) is 8.39. The number of nitrogens with one attached hydrogen (secondary N) is 1. The van der Waals surface area contributed by atoms with E-state index in [4.69, 9.17) is 9.84 Å². The van der Waals surface area contributed by atoms with Crippen molar-refractivity contribution >= 4 is 29.1 Å². The van der Waals surface area contributed by atoms with E-state index >= 15 is 0 Å². The fraction of sp³-hybridized carbons (Fsp3) is 0.478. The van der Waals surface area contributed by atoms with Gasteiger partial charge in [-0.25, -0.2) is 0 Å². The average molecular weight is 440 g/mol. The minimum atomic E-state index is 0.156. The molecule has 4 heterocycles. The highest BCUT2D eigenvalue weighted by atomic mass is 32.2. The Labute approximate surface area is 187 Å². The van der Waals surface area contributed by atoms with Gasteiger partial charge in [-0.2, -0.15) is 16.9 Å². The van der Waals surface area contributed by atoms with Crippen LogP contribution in [0.1, 0.15) is 50.0 Å². The Kier molecular flexibility index (Phi) is 6.29. The van der Waals surface area contributed by atoms with Gasteiger partial charge in [-0.3, -0.25) is 19.4 Å². The van der Waals surface area contributed by atoms with E-state index in [0.29, 0.717) is 17.2 Å². The Morgan fingerprint density at radius 2 is 2.03 bits per heavy atom. The molecule has 1 saturated carbocycles. The van der Waals surface area contributed by atoms with Gasteiger partial charge in [0.25, 0.3) is 0 Å². The number of thioether (sulfide) groups is 1. The summed E-state index contributed by atoms with van der Waals surface area (Å²) in [5.74, 6) is 3.32. The van der Waals surface area contributed by atoms with Crippen molar-refractivity contribution in [1.82, 2.24) is 25.1 Å². The second-order valence-electron chi connectivity index (χ2n) is 8.67. The van der Waals surface area contributed by atoms with E-state index in [1.54, 1.807) is 18.6 Å². The van der Waals surface area contributed by atoms with Crippen molar-refractivity contribution in [3.8, 4) is 17.0 Å². The van der Waals surface area contributed by atoms with E-state index in [2.05, 4.69) is 36.1 Å². The van der Waals surface area contributed by atoms with Crippen LogP contribution in [0.5, 0.6) is 5.75 Å². The highest BCUT2D eigenvalue weighted by molar-refractivity contribution is 8.00. The van der Waals surface area contributed by atoms with Gasteiger partial charge in [0.05, 0.1) is 17.8 Å². The van der Waals surface area contributed by atoms with Gasteiger partial charge in [-0.15, -0.1) is 0 Å². The molecule has 0 unspecified atom stereocenters. The standard InChI is InChI=1S/C18H18N4O2.C5H11NS/c1-11(2)22-16-5-12(10-23)7-20-18(16)17(21-22)13-6-15(9-19-8-13)24-14-3-4-14;1-5(6-2)3-7-4-5/h5-11,14H,3-4H2,1-2H3;6H,3-4H2,1-2H3. The lowest BCUT2D eigenvalue weighted by atomic mass is 10.1. The molecule has 1 saturated heterocycles. The van der Waals surface area contributed by atoms with Gasteiger partial charge in [-0.05, 0) is 52.8 Å². The summed E-state index contributed by atoms with van der Waals surface area (Å²) in [7, 11) is 2.03. The third-order valence-electron chi connectivity index (χ3n) is 5.45. The Hall–Kier alpha value is -2.45. The van der Waals surface area contributed by atoms with E-state index < -0.39 is 0 Å². The number of fused-ring (bicyclic) bond motifs is 1. The van der Waals surface area contributed by atoms with Gasteiger partial charge in [-0.1, -0.05) is 0 Å². The van der Waals surface area contributed by atoms with Crippen LogP contribution in [0.15, 0.2) is 30.7 Å². The number of hydrogen-bond donors (Lipinski definition) is 1. The molecule has 2 aliphatic rings. The molecule has 0 bridgehead atoms. The largest absolute Gasteiger partial charge is 0.489 e. The SMILES string of the molecule is CC(C)n1nc(-c2cncc(OC3CC3)c2)c2ncc(C=O)cc21.CNC1(C)CSC1. The van der Waals surface area contributed by atoms with Crippen molar-refractivity contribution < 1.29 is 9.53 Å². The van der Waals surface area contributed by atoms with Crippen molar-refractivity contribution in [3.63, 3.8) is 0 Å². The van der Waals surface area contributed by atoms with E-state index in [0.717, 1.165) is 47.2 Å². The van der Waals surface area contributed by atoms with Crippen molar-refractivity contribution in [3.05, 3.63) is 36.3 Å². The minimum Gasteiger partial charge on any atom is -0.489 e. The summed E-state index contributed by atoms with van der Waals surface area (Å²) >= 11 is 2.01. The van der Waals surface area contributed by atoms with Gasteiger partial charge in [0.2, 0.25) is 0 Å². The number of carbonyl (C=O) groups is 1. The predicted octanol–water partition coefficient (Wildman–Crippen LogP) is 4.14. The van der Waals surface area contributed by atoms with Crippen LogP contribution in [0.4, 0.5) is 0 Å². The Bertz CT molecular complexity index is 1070. The lowest BCUT2D eigenvalue weighted by Crippen LogP contribution is -2.51. The third kappa shape index (κ3) is 4.91. The molecule has 3 aromatic heterocycles. The van der Waals surface area contributed by atoms with Crippen LogP contribution in [0, 0.1) is 0 Å². The number of aldehydes is 1. The molecule has 0 amide bonds. The molecule has 1 N–H and O–H groups in total. The zero-order chi connectivity index (χ0) is 22.0. The Morgan fingerprint density at radius 1 is 1.26 bits per heavy atom. The first kappa shape index (κ1) is 21.8. The molecule has 3 aromatic rings. The quantitative estimate of drug-likeness (QED) is 0.578. The van der Waals surface area contributed by atoms with Crippen molar-refractivity contribution in [1.29, 1.82) is 0 Å². The van der Waals surface area contributed by atoms with Crippen LogP contribution in [0.25, 0.3) is 22.3 Å². The topological polar surface area (TPSA) is 81.9 Å². The fourth-order valence-corrected chi connectivity index (χ4v) is 4.34. The number of nitrogens with zero attached hydrogens (tertiary/aromatic N) is 4. The molecule has 8 heteroatoms.